The lowest BCUT2D eigenvalue weighted by Crippen LogP contribution is -2.63. The number of hydrogen-bond acceptors (Lipinski definition) is 2. The molecule has 2 nitrogen and oxygen atoms in total. The zero-order valence-electron chi connectivity index (χ0n) is 8.55. The van der Waals surface area contributed by atoms with Gasteiger partial charge < -0.3 is 10.2 Å². The molecule has 2 unspecified atom stereocenters. The molecular formula is C8H9BF6O2. The van der Waals surface area contributed by atoms with E-state index in [1.807, 2.05) is 0 Å². The van der Waals surface area contributed by atoms with Crippen LogP contribution in [0, 0.1) is 0 Å². The van der Waals surface area contributed by atoms with Crippen LogP contribution in [-0.4, -0.2) is 42.1 Å². The average molecular weight is 262 g/mol. The van der Waals surface area contributed by atoms with E-state index in [0.29, 0.717) is 6.08 Å². The minimum absolute atomic E-state index is 0.158. The van der Waals surface area contributed by atoms with E-state index in [-0.39, 0.29) is 6.08 Å². The lowest BCUT2D eigenvalue weighted by molar-refractivity contribution is -0.385. The molecule has 0 saturated carbocycles. The summed E-state index contributed by atoms with van der Waals surface area (Å²) in [5.74, 6) is -0.865. The Bertz CT molecular complexity index is 269. The van der Waals surface area contributed by atoms with Gasteiger partial charge in [-0.25, -0.2) is 0 Å². The van der Waals surface area contributed by atoms with Crippen molar-refractivity contribution < 1.29 is 36.6 Å². The van der Waals surface area contributed by atoms with Crippen LogP contribution < -0.4 is 0 Å². The quantitative estimate of drug-likeness (QED) is 0.462. The van der Waals surface area contributed by atoms with E-state index >= 15 is 0 Å². The molecule has 0 fully saturated rings. The fourth-order valence-electron chi connectivity index (χ4n) is 0.916. The van der Waals surface area contributed by atoms with E-state index in [0.717, 1.165) is 0 Å². The number of halogens is 6. The number of rotatable bonds is 3. The second-order valence-electron chi connectivity index (χ2n) is 3.45. The van der Waals surface area contributed by atoms with Gasteiger partial charge in [0.15, 0.2) is 0 Å². The zero-order valence-corrected chi connectivity index (χ0v) is 8.55. The molecule has 0 aliphatic rings. The summed E-state index contributed by atoms with van der Waals surface area (Å²) in [5.41, 5.74) is -5.22. The second-order valence-corrected chi connectivity index (χ2v) is 3.45. The molecule has 2 radical (unpaired) electrons. The smallest absolute Gasteiger partial charge is 0.385 e. The summed E-state index contributed by atoms with van der Waals surface area (Å²) >= 11 is 0. The maximum atomic E-state index is 12.2. The van der Waals surface area contributed by atoms with Crippen molar-refractivity contribution in [2.75, 3.05) is 0 Å². The number of alkyl halides is 6. The largest absolute Gasteiger partial charge is 0.429 e. The topological polar surface area (TPSA) is 40.5 Å². The van der Waals surface area contributed by atoms with Gasteiger partial charge >= 0.3 is 12.4 Å². The predicted molar refractivity (Wildman–Crippen MR) is 47.4 cm³/mol. The summed E-state index contributed by atoms with van der Waals surface area (Å²) in [6, 6.07) is 0. The molecule has 2 atom stereocenters. The third-order valence-corrected chi connectivity index (χ3v) is 1.89. The molecule has 0 aromatic heterocycles. The predicted octanol–water partition coefficient (Wildman–Crippen LogP) is 1.74. The van der Waals surface area contributed by atoms with E-state index in [1.165, 1.54) is 6.92 Å². The fourth-order valence-corrected chi connectivity index (χ4v) is 0.916. The maximum absolute atomic E-state index is 12.2. The van der Waals surface area contributed by atoms with Crippen molar-refractivity contribution in [2.24, 2.45) is 0 Å². The van der Waals surface area contributed by atoms with Crippen LogP contribution in [0.4, 0.5) is 26.3 Å². The Morgan fingerprint density at radius 2 is 1.35 bits per heavy atom. The Morgan fingerprint density at radius 3 is 1.59 bits per heavy atom. The van der Waals surface area contributed by atoms with E-state index in [2.05, 4.69) is 0 Å². The van der Waals surface area contributed by atoms with Crippen molar-refractivity contribution in [2.45, 2.75) is 36.8 Å². The van der Waals surface area contributed by atoms with Crippen LogP contribution in [0.5, 0.6) is 0 Å². The Balaban J connectivity index is 5.37. The third kappa shape index (κ3) is 3.38. The Morgan fingerprint density at radius 1 is 1.00 bits per heavy atom. The molecule has 9 heteroatoms. The van der Waals surface area contributed by atoms with Crippen molar-refractivity contribution in [1.82, 2.24) is 0 Å². The van der Waals surface area contributed by atoms with Crippen LogP contribution in [0.2, 0.25) is 5.82 Å². The number of aliphatic hydroxyl groups is 2. The van der Waals surface area contributed by atoms with Gasteiger partial charge in [0, 0.05) is 0 Å². The van der Waals surface area contributed by atoms with Crippen LogP contribution in [-0.2, 0) is 0 Å². The first-order valence-electron chi connectivity index (χ1n) is 4.32. The molecule has 0 heterocycles. The molecule has 0 aliphatic carbocycles. The van der Waals surface area contributed by atoms with Gasteiger partial charge in [-0.15, -0.1) is 0 Å². The van der Waals surface area contributed by atoms with Gasteiger partial charge in [-0.05, 0) is 0 Å². The maximum Gasteiger partial charge on any atom is 0.429 e. The van der Waals surface area contributed by atoms with E-state index in [1.54, 1.807) is 0 Å². The summed E-state index contributed by atoms with van der Waals surface area (Å²) in [4.78, 5) is 0. The minimum atomic E-state index is -6.06. The molecule has 0 spiro atoms. The molecule has 17 heavy (non-hydrogen) atoms. The van der Waals surface area contributed by atoms with Crippen LogP contribution in [0.3, 0.4) is 0 Å². The van der Waals surface area contributed by atoms with Crippen molar-refractivity contribution in [3.63, 3.8) is 0 Å². The molecule has 0 aliphatic heterocycles. The molecule has 0 amide bonds. The van der Waals surface area contributed by atoms with E-state index < -0.39 is 29.9 Å². The highest BCUT2D eigenvalue weighted by atomic mass is 19.4. The molecule has 0 bridgehead atoms. The van der Waals surface area contributed by atoms with E-state index in [4.69, 9.17) is 18.1 Å². The number of aliphatic hydroxyl groups excluding tert-OH is 1. The van der Waals surface area contributed by atoms with Gasteiger partial charge in [-0.2, -0.15) is 26.3 Å². The second kappa shape index (κ2) is 4.89. The van der Waals surface area contributed by atoms with Gasteiger partial charge in [-0.1, -0.05) is 24.9 Å². The Kier molecular flexibility index (Phi) is 4.69. The normalized spacial score (nSPS) is 18.4. The summed E-state index contributed by atoms with van der Waals surface area (Å²) in [6.07, 6.45) is -14.4. The number of allylic oxidation sites excluding steroid dienone is 1. The van der Waals surface area contributed by atoms with Crippen molar-refractivity contribution >= 4 is 7.85 Å². The first-order valence-corrected chi connectivity index (χ1v) is 4.32. The fraction of sp³-hybridized carbons (Fsp3) is 0.750. The average Bonchev–Trinajstić information content (AvgIpc) is 2.08. The number of hydrogen-bond donors (Lipinski definition) is 2. The van der Waals surface area contributed by atoms with Gasteiger partial charge in [-0.3, -0.25) is 0 Å². The van der Waals surface area contributed by atoms with Crippen molar-refractivity contribution in [3.05, 3.63) is 12.2 Å². The van der Waals surface area contributed by atoms with Crippen LogP contribution in [0.1, 0.15) is 6.92 Å². The van der Waals surface area contributed by atoms with E-state index in [9.17, 15) is 26.3 Å². The van der Waals surface area contributed by atoms with Gasteiger partial charge in [0.1, 0.15) is 6.10 Å². The lowest BCUT2D eigenvalue weighted by Gasteiger charge is -2.34. The minimum Gasteiger partial charge on any atom is -0.385 e. The molecule has 98 valence electrons. The highest BCUT2D eigenvalue weighted by molar-refractivity contribution is 6.12. The molecule has 0 rings (SSSR count). The lowest BCUT2D eigenvalue weighted by atomic mass is 9.87. The van der Waals surface area contributed by atoms with Gasteiger partial charge in [0.05, 0.1) is 7.85 Å². The van der Waals surface area contributed by atoms with Crippen molar-refractivity contribution in [1.29, 1.82) is 0 Å². The highest BCUT2D eigenvalue weighted by Gasteiger charge is 2.73. The first kappa shape index (κ1) is 16.3. The summed E-state index contributed by atoms with van der Waals surface area (Å²) in [5, 5.41) is 17.5. The van der Waals surface area contributed by atoms with Gasteiger partial charge in [0.25, 0.3) is 5.60 Å². The van der Waals surface area contributed by atoms with Crippen molar-refractivity contribution in [3.8, 4) is 0 Å². The van der Waals surface area contributed by atoms with Crippen LogP contribution in [0.15, 0.2) is 12.2 Å². The molecule has 0 aromatic carbocycles. The molecular weight excluding hydrogens is 253 g/mol. The Hall–Kier alpha value is -0.695. The summed E-state index contributed by atoms with van der Waals surface area (Å²) in [6.45, 7) is 1.27. The highest BCUT2D eigenvalue weighted by Crippen LogP contribution is 2.45. The van der Waals surface area contributed by atoms with Gasteiger partial charge in [0.2, 0.25) is 0 Å². The Labute approximate surface area is 94.3 Å². The monoisotopic (exact) mass is 262 g/mol. The van der Waals surface area contributed by atoms with Crippen LogP contribution in [0.25, 0.3) is 0 Å². The SMILES string of the molecule is [B]C(C)/C=C/C(O)C(O)(C(F)(F)F)C(F)(F)F. The molecule has 0 aromatic rings. The summed E-state index contributed by atoms with van der Waals surface area (Å²) < 4.78 is 73.1. The molecule has 0 saturated heterocycles. The standard InChI is InChI=1S/C8H9BF6O2/c1-4(9)2-3-5(16)6(17,7(10,11)12)8(13,14)15/h2-5,16-17H,1H3/b3-2+. The zero-order chi connectivity index (χ0) is 14.1. The molecule has 2 N–H and O–H groups in total. The van der Waals surface area contributed by atoms with Crippen LogP contribution >= 0.6 is 0 Å². The summed E-state index contributed by atoms with van der Waals surface area (Å²) in [7, 11) is 5.06. The first-order chi connectivity index (χ1) is 7.34. The third-order valence-electron chi connectivity index (χ3n) is 1.89.